The van der Waals surface area contributed by atoms with Gasteiger partial charge < -0.3 is 5.32 Å². The predicted molar refractivity (Wildman–Crippen MR) is 153 cm³/mol. The van der Waals surface area contributed by atoms with Crippen LogP contribution >= 0.6 is 0 Å². The largest absolute Gasteiger partial charge is 0.324 e. The molecule has 41 heavy (non-hydrogen) atoms. The maximum Gasteiger partial charge on any atom is 0.262 e. The van der Waals surface area contributed by atoms with Crippen LogP contribution in [0.1, 0.15) is 41.8 Å². The van der Waals surface area contributed by atoms with Gasteiger partial charge in [0.15, 0.2) is 0 Å². The zero-order valence-electron chi connectivity index (χ0n) is 22.6. The second-order valence-electron chi connectivity index (χ2n) is 10.7. The molecule has 6 rings (SSSR count). The molecule has 10 nitrogen and oxygen atoms in total. The minimum atomic E-state index is -0.815. The lowest BCUT2D eigenvalue weighted by molar-refractivity contribution is -0.135. The number of anilines is 1. The van der Waals surface area contributed by atoms with Gasteiger partial charge in [-0.15, -0.1) is 0 Å². The third kappa shape index (κ3) is 5.26. The average molecular weight is 551 g/mol. The standard InChI is InChI=1S/C31H30N6O4/c1-19-33-28-22(31(41)37(19)26-12-13-27(38)35-30(26)40)10-5-11-25(28)34-29(39)24-18-36(16-20-7-3-2-4-8-20)17-23(24)21-9-6-14-32-15-21/h2-11,14-15,23-24,26H,12-13,16-18H2,1H3,(H,34,39)(H,35,38,40)/t23-,24+,26?/m0/s1. The molecule has 10 heteroatoms. The third-order valence-electron chi connectivity index (χ3n) is 7.98. The second kappa shape index (κ2) is 11.1. The molecule has 1 unspecified atom stereocenters. The Balaban J connectivity index is 1.30. The Bertz CT molecular complexity index is 1690. The molecule has 2 aliphatic rings. The van der Waals surface area contributed by atoms with Gasteiger partial charge in [-0.05, 0) is 42.7 Å². The maximum absolute atomic E-state index is 13.8. The SMILES string of the molecule is Cc1nc2c(NC(=O)[C@@H]3CN(Cc4ccccc4)C[C@H]3c3cccnc3)cccc2c(=O)n1C1CCC(=O)NC1=O. The minimum Gasteiger partial charge on any atom is -0.324 e. The molecule has 0 spiro atoms. The van der Waals surface area contributed by atoms with Gasteiger partial charge in [0.05, 0.1) is 17.0 Å². The molecular formula is C31H30N6O4. The normalized spacial score (nSPS) is 21.1. The maximum atomic E-state index is 13.8. The molecule has 0 bridgehead atoms. The summed E-state index contributed by atoms with van der Waals surface area (Å²) in [4.78, 5) is 62.8. The van der Waals surface area contributed by atoms with Gasteiger partial charge in [-0.3, -0.25) is 38.9 Å². The van der Waals surface area contributed by atoms with E-state index in [0.717, 1.165) is 12.1 Å². The van der Waals surface area contributed by atoms with Crippen molar-refractivity contribution in [1.82, 2.24) is 24.8 Å². The Kier molecular flexibility index (Phi) is 7.15. The van der Waals surface area contributed by atoms with E-state index in [1.54, 1.807) is 31.3 Å². The highest BCUT2D eigenvalue weighted by Gasteiger charge is 2.39. The third-order valence-corrected chi connectivity index (χ3v) is 7.98. The number of hydrogen-bond donors (Lipinski definition) is 2. The highest BCUT2D eigenvalue weighted by atomic mass is 16.2. The lowest BCUT2D eigenvalue weighted by Gasteiger charge is -2.24. The van der Waals surface area contributed by atoms with Gasteiger partial charge in [-0.25, -0.2) is 4.98 Å². The van der Waals surface area contributed by atoms with Crippen LogP contribution < -0.4 is 16.2 Å². The van der Waals surface area contributed by atoms with E-state index < -0.39 is 11.9 Å². The summed E-state index contributed by atoms with van der Waals surface area (Å²) in [7, 11) is 0. The zero-order chi connectivity index (χ0) is 28.5. The molecule has 2 saturated heterocycles. The van der Waals surface area contributed by atoms with E-state index >= 15 is 0 Å². The molecule has 2 aliphatic heterocycles. The van der Waals surface area contributed by atoms with E-state index in [1.807, 2.05) is 36.5 Å². The number of aryl methyl sites for hydroxylation is 1. The van der Waals surface area contributed by atoms with Gasteiger partial charge in [0.1, 0.15) is 17.4 Å². The monoisotopic (exact) mass is 550 g/mol. The van der Waals surface area contributed by atoms with E-state index in [9.17, 15) is 19.2 Å². The number of fused-ring (bicyclic) bond motifs is 1. The van der Waals surface area contributed by atoms with Crippen LogP contribution in [0.4, 0.5) is 5.69 Å². The molecule has 2 N–H and O–H groups in total. The van der Waals surface area contributed by atoms with Crippen LogP contribution in [-0.4, -0.2) is 50.2 Å². The fraction of sp³-hybridized carbons (Fsp3) is 0.290. The van der Waals surface area contributed by atoms with Crippen LogP contribution in [0.3, 0.4) is 0 Å². The minimum absolute atomic E-state index is 0.0539. The molecule has 208 valence electrons. The van der Waals surface area contributed by atoms with Crippen molar-refractivity contribution in [2.45, 2.75) is 38.3 Å². The van der Waals surface area contributed by atoms with Crippen molar-refractivity contribution in [2.75, 3.05) is 18.4 Å². The van der Waals surface area contributed by atoms with Crippen molar-refractivity contribution in [2.24, 2.45) is 5.92 Å². The zero-order valence-corrected chi connectivity index (χ0v) is 22.6. The second-order valence-corrected chi connectivity index (χ2v) is 10.7. The molecule has 2 fully saturated rings. The predicted octanol–water partition coefficient (Wildman–Crippen LogP) is 2.93. The number of benzene rings is 2. The van der Waals surface area contributed by atoms with Crippen LogP contribution in [0.5, 0.6) is 0 Å². The molecule has 4 heterocycles. The Hall–Kier alpha value is -4.70. The van der Waals surface area contributed by atoms with Crippen molar-refractivity contribution in [3.8, 4) is 0 Å². The quantitative estimate of drug-likeness (QED) is 0.354. The first kappa shape index (κ1) is 26.5. The van der Waals surface area contributed by atoms with Crippen molar-refractivity contribution in [3.05, 3.63) is 100 Å². The summed E-state index contributed by atoms with van der Waals surface area (Å²) in [5.74, 6) is -1.09. The fourth-order valence-electron chi connectivity index (χ4n) is 6.01. The molecule has 2 aromatic carbocycles. The molecule has 3 atom stereocenters. The Labute approximate surface area is 236 Å². The number of amides is 3. The first-order valence-corrected chi connectivity index (χ1v) is 13.7. The summed E-state index contributed by atoms with van der Waals surface area (Å²) in [5.41, 5.74) is 2.60. The Morgan fingerprint density at radius 1 is 1.02 bits per heavy atom. The van der Waals surface area contributed by atoms with Gasteiger partial charge in [0, 0.05) is 44.4 Å². The summed E-state index contributed by atoms with van der Waals surface area (Å²) in [6.45, 7) is 3.67. The van der Waals surface area contributed by atoms with E-state index in [0.29, 0.717) is 35.5 Å². The van der Waals surface area contributed by atoms with E-state index in [4.69, 9.17) is 0 Å². The number of para-hydroxylation sites is 1. The topological polar surface area (TPSA) is 126 Å². The van der Waals surface area contributed by atoms with Crippen molar-refractivity contribution < 1.29 is 14.4 Å². The molecule has 2 aromatic heterocycles. The van der Waals surface area contributed by atoms with Gasteiger partial charge in [0.25, 0.3) is 5.56 Å². The number of nitrogens with zero attached hydrogens (tertiary/aromatic N) is 4. The molecule has 4 aromatic rings. The average Bonchev–Trinajstić information content (AvgIpc) is 3.39. The lowest BCUT2D eigenvalue weighted by Crippen LogP contribution is -2.45. The summed E-state index contributed by atoms with van der Waals surface area (Å²) in [6.07, 6.45) is 3.92. The highest BCUT2D eigenvalue weighted by Crippen LogP contribution is 2.34. The van der Waals surface area contributed by atoms with E-state index in [-0.39, 0.29) is 42.1 Å². The van der Waals surface area contributed by atoms with E-state index in [1.165, 1.54) is 10.1 Å². The number of carbonyl (C=O) groups is 3. The van der Waals surface area contributed by atoms with Gasteiger partial charge >= 0.3 is 0 Å². The number of likely N-dealkylation sites (tertiary alicyclic amines) is 1. The highest BCUT2D eigenvalue weighted by molar-refractivity contribution is 6.02. The van der Waals surface area contributed by atoms with Gasteiger partial charge in [0.2, 0.25) is 17.7 Å². The van der Waals surface area contributed by atoms with Crippen molar-refractivity contribution in [1.29, 1.82) is 0 Å². The summed E-state index contributed by atoms with van der Waals surface area (Å²) < 4.78 is 1.34. The number of rotatable bonds is 6. The first-order valence-electron chi connectivity index (χ1n) is 13.7. The lowest BCUT2D eigenvalue weighted by atomic mass is 9.89. The van der Waals surface area contributed by atoms with Crippen LogP contribution in [0, 0.1) is 12.8 Å². The van der Waals surface area contributed by atoms with Gasteiger partial charge in [-0.1, -0.05) is 42.5 Å². The van der Waals surface area contributed by atoms with E-state index in [2.05, 4.69) is 37.6 Å². The summed E-state index contributed by atoms with van der Waals surface area (Å²) >= 11 is 0. The van der Waals surface area contributed by atoms with Crippen molar-refractivity contribution >= 4 is 34.3 Å². The summed E-state index contributed by atoms with van der Waals surface area (Å²) in [6, 6.07) is 18.3. The van der Waals surface area contributed by atoms with Crippen LogP contribution in [0.25, 0.3) is 10.9 Å². The number of pyridine rings is 1. The van der Waals surface area contributed by atoms with Crippen LogP contribution in [0.2, 0.25) is 0 Å². The molecular weight excluding hydrogens is 520 g/mol. The summed E-state index contributed by atoms with van der Waals surface area (Å²) in [5, 5.41) is 5.65. The molecule has 3 amide bonds. The number of carbonyl (C=O) groups excluding carboxylic acids is 3. The molecule has 0 saturated carbocycles. The fourth-order valence-corrected chi connectivity index (χ4v) is 6.01. The van der Waals surface area contributed by atoms with Crippen LogP contribution in [0.15, 0.2) is 77.9 Å². The van der Waals surface area contributed by atoms with Gasteiger partial charge in [-0.2, -0.15) is 0 Å². The smallest absolute Gasteiger partial charge is 0.262 e. The molecule has 0 aliphatic carbocycles. The number of hydrogen-bond acceptors (Lipinski definition) is 7. The van der Waals surface area contributed by atoms with Crippen molar-refractivity contribution in [3.63, 3.8) is 0 Å². The number of aromatic nitrogens is 3. The number of nitrogens with one attached hydrogen (secondary N) is 2. The Morgan fingerprint density at radius 2 is 1.85 bits per heavy atom. The molecule has 0 radical (unpaired) electrons. The van der Waals surface area contributed by atoms with Crippen LogP contribution in [-0.2, 0) is 20.9 Å². The number of piperidine rings is 1. The first-order chi connectivity index (χ1) is 19.9. The Morgan fingerprint density at radius 3 is 2.61 bits per heavy atom. The number of imide groups is 1.